The highest BCUT2D eigenvalue weighted by atomic mass is 16.5. The Labute approximate surface area is 259 Å². The largest absolute Gasteiger partial charge is 0.462 e. The van der Waals surface area contributed by atoms with Crippen LogP contribution in [0.4, 0.5) is 0 Å². The number of hydrogen-bond acceptors (Lipinski definition) is 3. The molecule has 0 spiro atoms. The monoisotopic (exact) mass is 578 g/mol. The van der Waals surface area contributed by atoms with Crippen molar-refractivity contribution in [3.63, 3.8) is 0 Å². The van der Waals surface area contributed by atoms with E-state index in [9.17, 15) is 4.79 Å². The SMILES string of the molecule is CCCCC/C=C\CCC(OC(=O)CCCCN(C)C)C(CCCCCCCCCC)CCCCCCCCCC. The smallest absolute Gasteiger partial charge is 0.306 e. The third-order valence-electron chi connectivity index (χ3n) is 8.66. The minimum atomic E-state index is 0.0394. The van der Waals surface area contributed by atoms with Crippen LogP contribution in [0.1, 0.15) is 194 Å². The molecule has 244 valence electrons. The summed E-state index contributed by atoms with van der Waals surface area (Å²) in [5, 5.41) is 0. The average molecular weight is 578 g/mol. The Bertz CT molecular complexity index is 538. The van der Waals surface area contributed by atoms with Crippen molar-refractivity contribution in [2.75, 3.05) is 20.6 Å². The van der Waals surface area contributed by atoms with E-state index >= 15 is 0 Å². The molecule has 0 saturated carbocycles. The molecule has 0 radical (unpaired) electrons. The quantitative estimate of drug-likeness (QED) is 0.0452. The first-order valence-electron chi connectivity index (χ1n) is 18.5. The fourth-order valence-corrected chi connectivity index (χ4v) is 5.92. The molecule has 0 aromatic carbocycles. The summed E-state index contributed by atoms with van der Waals surface area (Å²) >= 11 is 0. The highest BCUT2D eigenvalue weighted by molar-refractivity contribution is 5.69. The van der Waals surface area contributed by atoms with Crippen LogP contribution >= 0.6 is 0 Å². The van der Waals surface area contributed by atoms with Crippen LogP contribution < -0.4 is 0 Å². The molecule has 0 rings (SSSR count). The van der Waals surface area contributed by atoms with E-state index in [1.165, 1.54) is 141 Å². The molecule has 0 amide bonds. The van der Waals surface area contributed by atoms with E-state index in [0.29, 0.717) is 12.3 Å². The highest BCUT2D eigenvalue weighted by Gasteiger charge is 2.24. The Balaban J connectivity index is 4.99. The van der Waals surface area contributed by atoms with Gasteiger partial charge in [-0.2, -0.15) is 0 Å². The summed E-state index contributed by atoms with van der Waals surface area (Å²) in [6.07, 6.45) is 38.7. The number of hydrogen-bond donors (Lipinski definition) is 0. The number of nitrogens with zero attached hydrogens (tertiary/aromatic N) is 1. The van der Waals surface area contributed by atoms with Crippen LogP contribution in [0.25, 0.3) is 0 Å². The van der Waals surface area contributed by atoms with Crippen molar-refractivity contribution in [3.05, 3.63) is 12.2 Å². The first-order valence-corrected chi connectivity index (χ1v) is 18.5. The maximum atomic E-state index is 13.0. The topological polar surface area (TPSA) is 29.5 Å². The standard InChI is InChI=1S/C38H75NO2/c1-6-9-12-15-18-21-23-26-31-36(32-27-24-22-19-16-13-10-7-2)37(33-28-25-20-17-14-11-8-3)41-38(40)34-29-30-35-39(4)5/h20,25,36-37H,6-19,21-24,26-35H2,1-5H3/b25-20-. The van der Waals surface area contributed by atoms with Crippen molar-refractivity contribution in [1.29, 1.82) is 0 Å². The third kappa shape index (κ3) is 29.0. The van der Waals surface area contributed by atoms with Gasteiger partial charge in [0.1, 0.15) is 6.10 Å². The number of unbranched alkanes of at least 4 members (excludes halogenated alkanes) is 18. The molecule has 0 fully saturated rings. The normalized spacial score (nSPS) is 12.7. The molecule has 1 atom stereocenters. The van der Waals surface area contributed by atoms with Gasteiger partial charge >= 0.3 is 5.97 Å². The van der Waals surface area contributed by atoms with Gasteiger partial charge < -0.3 is 9.64 Å². The van der Waals surface area contributed by atoms with E-state index in [2.05, 4.69) is 51.9 Å². The van der Waals surface area contributed by atoms with Crippen LogP contribution in [0.2, 0.25) is 0 Å². The molecule has 0 aromatic rings. The second-order valence-electron chi connectivity index (χ2n) is 13.1. The van der Waals surface area contributed by atoms with Gasteiger partial charge in [0.05, 0.1) is 0 Å². The van der Waals surface area contributed by atoms with E-state index < -0.39 is 0 Å². The molecular weight excluding hydrogens is 502 g/mol. The highest BCUT2D eigenvalue weighted by Crippen LogP contribution is 2.28. The Morgan fingerprint density at radius 1 is 0.561 bits per heavy atom. The van der Waals surface area contributed by atoms with Gasteiger partial charge in [-0.05, 0) is 77.9 Å². The number of allylic oxidation sites excluding steroid dienone is 2. The summed E-state index contributed by atoms with van der Waals surface area (Å²) in [6, 6.07) is 0. The predicted molar refractivity (Wildman–Crippen MR) is 183 cm³/mol. The minimum Gasteiger partial charge on any atom is -0.462 e. The predicted octanol–water partition coefficient (Wildman–Crippen LogP) is 12.2. The zero-order valence-corrected chi connectivity index (χ0v) is 28.9. The molecule has 1 unspecified atom stereocenters. The number of carbonyl (C=O) groups is 1. The van der Waals surface area contributed by atoms with Crippen LogP contribution in [0, 0.1) is 5.92 Å². The van der Waals surface area contributed by atoms with Crippen molar-refractivity contribution in [2.45, 2.75) is 200 Å². The average Bonchev–Trinajstić information content (AvgIpc) is 2.95. The maximum absolute atomic E-state index is 13.0. The van der Waals surface area contributed by atoms with Gasteiger partial charge in [0, 0.05) is 6.42 Å². The van der Waals surface area contributed by atoms with Gasteiger partial charge in [-0.25, -0.2) is 0 Å². The van der Waals surface area contributed by atoms with Crippen LogP contribution in [-0.2, 0) is 9.53 Å². The number of carbonyl (C=O) groups excluding carboxylic acids is 1. The molecule has 0 aliphatic carbocycles. The fourth-order valence-electron chi connectivity index (χ4n) is 5.92. The number of rotatable bonds is 32. The summed E-state index contributed by atoms with van der Waals surface area (Å²) in [5.41, 5.74) is 0. The molecule has 0 heterocycles. The lowest BCUT2D eigenvalue weighted by Gasteiger charge is -2.27. The van der Waals surface area contributed by atoms with Gasteiger partial charge in [0.2, 0.25) is 0 Å². The van der Waals surface area contributed by atoms with Crippen LogP contribution in [-0.4, -0.2) is 37.6 Å². The van der Waals surface area contributed by atoms with Gasteiger partial charge in [0.15, 0.2) is 0 Å². The molecule has 3 nitrogen and oxygen atoms in total. The zero-order valence-electron chi connectivity index (χ0n) is 28.9. The first-order chi connectivity index (χ1) is 20.0. The van der Waals surface area contributed by atoms with E-state index in [-0.39, 0.29) is 12.1 Å². The molecule has 0 aliphatic heterocycles. The van der Waals surface area contributed by atoms with Crippen molar-refractivity contribution in [1.82, 2.24) is 4.90 Å². The first kappa shape index (κ1) is 40.2. The summed E-state index contributed by atoms with van der Waals surface area (Å²) in [6.45, 7) is 7.89. The Hall–Kier alpha value is -0.830. The second-order valence-corrected chi connectivity index (χ2v) is 13.1. The van der Waals surface area contributed by atoms with Crippen LogP contribution in [0.5, 0.6) is 0 Å². The summed E-state index contributed by atoms with van der Waals surface area (Å²) in [4.78, 5) is 15.2. The lowest BCUT2D eigenvalue weighted by Crippen LogP contribution is -2.27. The third-order valence-corrected chi connectivity index (χ3v) is 8.66. The molecule has 3 heteroatoms. The van der Waals surface area contributed by atoms with Gasteiger partial charge in [0.25, 0.3) is 0 Å². The van der Waals surface area contributed by atoms with Gasteiger partial charge in [-0.15, -0.1) is 0 Å². The number of esters is 1. The molecule has 0 saturated heterocycles. The maximum Gasteiger partial charge on any atom is 0.306 e. The van der Waals surface area contributed by atoms with Gasteiger partial charge in [-0.1, -0.05) is 148 Å². The lowest BCUT2D eigenvalue weighted by molar-refractivity contribution is -0.152. The molecule has 0 bridgehead atoms. The van der Waals surface area contributed by atoms with E-state index in [1.807, 2.05) is 0 Å². The fraction of sp³-hybridized carbons (Fsp3) is 0.921. The molecule has 41 heavy (non-hydrogen) atoms. The Kier molecular flexibility index (Phi) is 31.4. The van der Waals surface area contributed by atoms with Crippen molar-refractivity contribution in [3.8, 4) is 0 Å². The minimum absolute atomic E-state index is 0.0394. The lowest BCUT2D eigenvalue weighted by atomic mass is 9.87. The van der Waals surface area contributed by atoms with Crippen molar-refractivity contribution in [2.24, 2.45) is 5.92 Å². The van der Waals surface area contributed by atoms with Crippen LogP contribution in [0.15, 0.2) is 12.2 Å². The Morgan fingerprint density at radius 2 is 1.02 bits per heavy atom. The summed E-state index contributed by atoms with van der Waals surface area (Å²) < 4.78 is 6.32. The summed E-state index contributed by atoms with van der Waals surface area (Å²) in [5.74, 6) is 0.562. The van der Waals surface area contributed by atoms with E-state index in [1.54, 1.807) is 0 Å². The van der Waals surface area contributed by atoms with E-state index in [4.69, 9.17) is 4.74 Å². The summed E-state index contributed by atoms with van der Waals surface area (Å²) in [7, 11) is 4.20. The van der Waals surface area contributed by atoms with Crippen molar-refractivity contribution >= 4 is 5.97 Å². The molecule has 0 aromatic heterocycles. The molecular formula is C38H75NO2. The van der Waals surface area contributed by atoms with E-state index in [0.717, 1.165) is 32.2 Å². The molecule has 0 N–H and O–H groups in total. The van der Waals surface area contributed by atoms with Crippen LogP contribution in [0.3, 0.4) is 0 Å². The second kappa shape index (κ2) is 32.1. The number of ether oxygens (including phenoxy) is 1. The van der Waals surface area contributed by atoms with Gasteiger partial charge in [-0.3, -0.25) is 4.79 Å². The van der Waals surface area contributed by atoms with Crippen molar-refractivity contribution < 1.29 is 9.53 Å². The Morgan fingerprint density at radius 3 is 1.54 bits per heavy atom. The molecule has 0 aliphatic rings. The zero-order chi connectivity index (χ0) is 30.2.